The molecule has 1 saturated heterocycles. The first kappa shape index (κ1) is 22.8. The van der Waals surface area contributed by atoms with Crippen molar-refractivity contribution in [2.24, 2.45) is 0 Å². The SMILES string of the molecule is COc1ccc(S(=O)(=O)N2CCN(c3cc(OC)c(OC)c(OC)c3)CC2)cc1OC. The lowest BCUT2D eigenvalue weighted by Gasteiger charge is -2.35. The van der Waals surface area contributed by atoms with E-state index in [2.05, 4.69) is 4.90 Å². The summed E-state index contributed by atoms with van der Waals surface area (Å²) >= 11 is 0. The highest BCUT2D eigenvalue weighted by Gasteiger charge is 2.30. The Labute approximate surface area is 183 Å². The summed E-state index contributed by atoms with van der Waals surface area (Å²) in [7, 11) is 4.01. The molecule has 2 aromatic carbocycles. The van der Waals surface area contributed by atoms with E-state index in [1.54, 1.807) is 27.4 Å². The predicted octanol–water partition coefficient (Wildman–Crippen LogP) is 2.24. The van der Waals surface area contributed by atoms with Crippen LogP contribution >= 0.6 is 0 Å². The second kappa shape index (κ2) is 9.52. The molecule has 1 aliphatic rings. The van der Waals surface area contributed by atoms with Crippen molar-refractivity contribution in [2.75, 3.05) is 66.6 Å². The van der Waals surface area contributed by atoms with Crippen LogP contribution in [-0.4, -0.2) is 74.5 Å². The molecular formula is C21H28N2O7S. The van der Waals surface area contributed by atoms with Gasteiger partial charge < -0.3 is 28.6 Å². The molecule has 10 heteroatoms. The van der Waals surface area contributed by atoms with E-state index in [-0.39, 0.29) is 4.90 Å². The summed E-state index contributed by atoms with van der Waals surface area (Å²) in [5.41, 5.74) is 0.873. The standard InChI is InChI=1S/C21H28N2O7S/c1-26-17-7-6-16(14-18(17)27-2)31(24,25)23-10-8-22(9-11-23)15-12-19(28-3)21(30-5)20(13-15)29-4/h6-7,12-14H,8-11H2,1-5H3. The number of ether oxygens (including phenoxy) is 5. The minimum Gasteiger partial charge on any atom is -0.493 e. The van der Waals surface area contributed by atoms with E-state index >= 15 is 0 Å². The lowest BCUT2D eigenvalue weighted by Crippen LogP contribution is -2.48. The van der Waals surface area contributed by atoms with Gasteiger partial charge in [-0.1, -0.05) is 0 Å². The van der Waals surface area contributed by atoms with Crippen LogP contribution in [0.3, 0.4) is 0 Å². The van der Waals surface area contributed by atoms with Gasteiger partial charge in [-0.2, -0.15) is 4.31 Å². The van der Waals surface area contributed by atoms with Crippen LogP contribution in [0.4, 0.5) is 5.69 Å². The molecule has 9 nitrogen and oxygen atoms in total. The number of hydrogen-bond donors (Lipinski definition) is 0. The van der Waals surface area contributed by atoms with Gasteiger partial charge in [-0.3, -0.25) is 0 Å². The van der Waals surface area contributed by atoms with E-state index in [0.717, 1.165) is 5.69 Å². The van der Waals surface area contributed by atoms with Crippen LogP contribution in [0.25, 0.3) is 0 Å². The topological polar surface area (TPSA) is 86.8 Å². The molecule has 3 rings (SSSR count). The van der Waals surface area contributed by atoms with E-state index in [1.807, 2.05) is 12.1 Å². The molecule has 170 valence electrons. The molecule has 31 heavy (non-hydrogen) atoms. The Morgan fingerprint density at radius 2 is 1.23 bits per heavy atom. The molecule has 0 amide bonds. The first-order valence-electron chi connectivity index (χ1n) is 9.66. The zero-order valence-corrected chi connectivity index (χ0v) is 19.2. The molecule has 0 bridgehead atoms. The van der Waals surface area contributed by atoms with Crippen LogP contribution in [-0.2, 0) is 10.0 Å². The number of benzene rings is 2. The van der Waals surface area contributed by atoms with Crippen molar-refractivity contribution in [3.63, 3.8) is 0 Å². The monoisotopic (exact) mass is 452 g/mol. The van der Waals surface area contributed by atoms with Crippen molar-refractivity contribution in [3.05, 3.63) is 30.3 Å². The summed E-state index contributed by atoms with van der Waals surface area (Å²) in [5.74, 6) is 2.48. The van der Waals surface area contributed by atoms with Gasteiger partial charge in [0.1, 0.15) is 0 Å². The fourth-order valence-electron chi connectivity index (χ4n) is 3.56. The summed E-state index contributed by atoms with van der Waals surface area (Å²) < 4.78 is 54.4. The van der Waals surface area contributed by atoms with Crippen LogP contribution in [0.15, 0.2) is 35.2 Å². The van der Waals surface area contributed by atoms with E-state index < -0.39 is 10.0 Å². The van der Waals surface area contributed by atoms with E-state index in [1.165, 1.54) is 30.7 Å². The highest BCUT2D eigenvalue weighted by molar-refractivity contribution is 7.89. The summed E-state index contributed by atoms with van der Waals surface area (Å²) in [6.45, 7) is 1.72. The maximum atomic E-state index is 13.1. The normalized spacial score (nSPS) is 14.8. The lowest BCUT2D eigenvalue weighted by atomic mass is 10.2. The van der Waals surface area contributed by atoms with Gasteiger partial charge in [-0.05, 0) is 12.1 Å². The van der Waals surface area contributed by atoms with Crippen molar-refractivity contribution < 1.29 is 32.1 Å². The number of anilines is 1. The molecule has 0 N–H and O–H groups in total. The third kappa shape index (κ3) is 4.45. The van der Waals surface area contributed by atoms with Gasteiger partial charge in [0.05, 0.1) is 40.4 Å². The zero-order valence-electron chi connectivity index (χ0n) is 18.4. The van der Waals surface area contributed by atoms with Gasteiger partial charge in [0.25, 0.3) is 0 Å². The Bertz CT molecular complexity index is 993. The molecule has 0 unspecified atom stereocenters. The second-order valence-electron chi connectivity index (χ2n) is 6.79. The molecule has 0 atom stereocenters. The summed E-state index contributed by atoms with van der Waals surface area (Å²) in [5, 5.41) is 0. The van der Waals surface area contributed by atoms with Crippen molar-refractivity contribution >= 4 is 15.7 Å². The van der Waals surface area contributed by atoms with Crippen molar-refractivity contribution in [2.45, 2.75) is 4.90 Å². The molecule has 0 spiro atoms. The third-order valence-corrected chi connectivity index (χ3v) is 7.14. The average molecular weight is 453 g/mol. The lowest BCUT2D eigenvalue weighted by molar-refractivity contribution is 0.324. The largest absolute Gasteiger partial charge is 0.493 e. The number of hydrogen-bond acceptors (Lipinski definition) is 8. The molecule has 0 radical (unpaired) electrons. The quantitative estimate of drug-likeness (QED) is 0.603. The Morgan fingerprint density at radius 3 is 1.71 bits per heavy atom. The highest BCUT2D eigenvalue weighted by Crippen LogP contribution is 2.41. The van der Waals surface area contributed by atoms with E-state index in [0.29, 0.717) is 54.9 Å². The number of sulfonamides is 1. The van der Waals surface area contributed by atoms with Gasteiger partial charge in [-0.25, -0.2) is 8.42 Å². The van der Waals surface area contributed by atoms with Crippen molar-refractivity contribution in [1.82, 2.24) is 4.31 Å². The minimum atomic E-state index is -3.66. The van der Waals surface area contributed by atoms with Crippen LogP contribution in [0.2, 0.25) is 0 Å². The number of nitrogens with zero attached hydrogens (tertiary/aromatic N) is 2. The fraction of sp³-hybridized carbons (Fsp3) is 0.429. The highest BCUT2D eigenvalue weighted by atomic mass is 32.2. The van der Waals surface area contributed by atoms with Gasteiger partial charge in [-0.15, -0.1) is 0 Å². The third-order valence-electron chi connectivity index (χ3n) is 5.25. The van der Waals surface area contributed by atoms with Gasteiger partial charge in [0.2, 0.25) is 15.8 Å². The van der Waals surface area contributed by atoms with Crippen LogP contribution in [0, 0.1) is 0 Å². The van der Waals surface area contributed by atoms with Crippen LogP contribution in [0.5, 0.6) is 28.7 Å². The molecular weight excluding hydrogens is 424 g/mol. The van der Waals surface area contributed by atoms with Crippen LogP contribution in [0.1, 0.15) is 0 Å². The van der Waals surface area contributed by atoms with Gasteiger partial charge in [0, 0.05) is 50.1 Å². The van der Waals surface area contributed by atoms with Gasteiger partial charge in [0.15, 0.2) is 23.0 Å². The van der Waals surface area contributed by atoms with Crippen LogP contribution < -0.4 is 28.6 Å². The minimum absolute atomic E-state index is 0.173. The molecule has 0 aliphatic carbocycles. The molecule has 1 heterocycles. The molecule has 1 aliphatic heterocycles. The number of rotatable bonds is 8. The smallest absolute Gasteiger partial charge is 0.243 e. The Balaban J connectivity index is 1.79. The van der Waals surface area contributed by atoms with E-state index in [4.69, 9.17) is 23.7 Å². The number of methoxy groups -OCH3 is 5. The maximum absolute atomic E-state index is 13.1. The summed E-state index contributed by atoms with van der Waals surface area (Å²) in [6, 6.07) is 8.33. The number of piperazine rings is 1. The average Bonchev–Trinajstić information content (AvgIpc) is 2.82. The summed E-state index contributed by atoms with van der Waals surface area (Å²) in [4.78, 5) is 2.26. The first-order chi connectivity index (χ1) is 14.9. The maximum Gasteiger partial charge on any atom is 0.243 e. The molecule has 0 aromatic heterocycles. The predicted molar refractivity (Wildman–Crippen MR) is 117 cm³/mol. The Kier molecular flexibility index (Phi) is 7.01. The van der Waals surface area contributed by atoms with E-state index in [9.17, 15) is 8.42 Å². The Hall–Kier alpha value is -2.85. The zero-order chi connectivity index (χ0) is 22.6. The molecule has 1 fully saturated rings. The fourth-order valence-corrected chi connectivity index (χ4v) is 5.00. The van der Waals surface area contributed by atoms with Crippen molar-refractivity contribution in [1.29, 1.82) is 0 Å². The molecule has 0 saturated carbocycles. The summed E-state index contributed by atoms with van der Waals surface area (Å²) in [6.07, 6.45) is 0. The second-order valence-corrected chi connectivity index (χ2v) is 8.73. The van der Waals surface area contributed by atoms with Gasteiger partial charge >= 0.3 is 0 Å². The van der Waals surface area contributed by atoms with Crippen molar-refractivity contribution in [3.8, 4) is 28.7 Å². The first-order valence-corrected chi connectivity index (χ1v) is 11.1. The Morgan fingerprint density at radius 1 is 0.677 bits per heavy atom. The molecule has 2 aromatic rings.